The highest BCUT2D eigenvalue weighted by Gasteiger charge is 2.66. The molecule has 1 aliphatic carbocycles. The molecular formula is C15H23NO6. The second-order valence-electron chi connectivity index (χ2n) is 7.70. The van der Waals surface area contributed by atoms with E-state index in [-0.39, 0.29) is 24.2 Å². The van der Waals surface area contributed by atoms with Crippen LogP contribution in [0.3, 0.4) is 0 Å². The van der Waals surface area contributed by atoms with E-state index < -0.39 is 29.5 Å². The van der Waals surface area contributed by atoms with Gasteiger partial charge in [-0.05, 0) is 41.0 Å². The smallest absolute Gasteiger partial charge is 0.411 e. The van der Waals surface area contributed by atoms with Crippen molar-refractivity contribution in [2.45, 2.75) is 76.7 Å². The predicted molar refractivity (Wildman–Crippen MR) is 75.2 cm³/mol. The highest BCUT2D eigenvalue weighted by Crippen LogP contribution is 2.51. The van der Waals surface area contributed by atoms with E-state index in [9.17, 15) is 14.7 Å². The van der Waals surface area contributed by atoms with E-state index in [1.807, 2.05) is 0 Å². The fourth-order valence-electron chi connectivity index (χ4n) is 3.85. The molecule has 5 atom stereocenters. The quantitative estimate of drug-likeness (QED) is 0.791. The van der Waals surface area contributed by atoms with Crippen LogP contribution in [0.1, 0.15) is 41.0 Å². The number of piperidine rings is 1. The molecule has 0 spiro atoms. The molecule has 0 radical (unpaired) electrons. The van der Waals surface area contributed by atoms with Crippen LogP contribution < -0.4 is 0 Å². The molecule has 2 saturated heterocycles. The van der Waals surface area contributed by atoms with Crippen molar-refractivity contribution < 1.29 is 28.9 Å². The number of fused-ring (bicyclic) bond motifs is 5. The van der Waals surface area contributed by atoms with Gasteiger partial charge in [-0.2, -0.15) is 0 Å². The van der Waals surface area contributed by atoms with Gasteiger partial charge in [0.25, 0.3) is 0 Å². The van der Waals surface area contributed by atoms with Gasteiger partial charge in [-0.15, -0.1) is 0 Å². The first-order chi connectivity index (χ1) is 10.0. The van der Waals surface area contributed by atoms with Crippen molar-refractivity contribution in [1.29, 1.82) is 0 Å². The Bertz CT molecular complexity index is 511. The zero-order valence-corrected chi connectivity index (χ0v) is 13.5. The summed E-state index contributed by atoms with van der Waals surface area (Å²) in [7, 11) is 0. The third-order valence-electron chi connectivity index (χ3n) is 4.40. The fourth-order valence-corrected chi connectivity index (χ4v) is 3.85. The van der Waals surface area contributed by atoms with Crippen LogP contribution in [0, 0.1) is 5.92 Å². The summed E-state index contributed by atoms with van der Waals surface area (Å²) >= 11 is 0. The van der Waals surface area contributed by atoms with Crippen molar-refractivity contribution in [3.8, 4) is 0 Å². The van der Waals surface area contributed by atoms with Crippen LogP contribution in [0.2, 0.25) is 0 Å². The topological polar surface area (TPSA) is 85.3 Å². The summed E-state index contributed by atoms with van der Waals surface area (Å²) in [5.74, 6) is -2.04. The van der Waals surface area contributed by atoms with Gasteiger partial charge in [0, 0.05) is 5.92 Å². The summed E-state index contributed by atoms with van der Waals surface area (Å²) < 4.78 is 17.1. The van der Waals surface area contributed by atoms with Gasteiger partial charge in [-0.1, -0.05) is 0 Å². The number of rotatable bonds is 1. The van der Waals surface area contributed by atoms with Crippen molar-refractivity contribution in [2.75, 3.05) is 0 Å². The Morgan fingerprint density at radius 3 is 2.36 bits per heavy atom. The second kappa shape index (κ2) is 4.58. The SMILES string of the molecule is CC(C)(C)OC(=O)N1[C@@H]2C[C@H]([C@@H]3OC(C)(C)O[C@@H]32)[C@H]1C(=O)O. The fraction of sp³-hybridized carbons (Fsp3) is 0.867. The highest BCUT2D eigenvalue weighted by atomic mass is 16.8. The molecule has 0 unspecified atom stereocenters. The van der Waals surface area contributed by atoms with E-state index in [1.165, 1.54) is 4.90 Å². The van der Waals surface area contributed by atoms with Crippen LogP contribution >= 0.6 is 0 Å². The molecule has 3 rings (SSSR count). The summed E-state index contributed by atoms with van der Waals surface area (Å²) in [4.78, 5) is 25.5. The van der Waals surface area contributed by atoms with Gasteiger partial charge in [0.05, 0.1) is 12.1 Å². The molecule has 7 heteroatoms. The lowest BCUT2D eigenvalue weighted by atomic mass is 9.95. The van der Waals surface area contributed by atoms with Crippen molar-refractivity contribution in [1.82, 2.24) is 4.90 Å². The number of carbonyl (C=O) groups excluding carboxylic acids is 1. The van der Waals surface area contributed by atoms with Gasteiger partial charge >= 0.3 is 12.1 Å². The van der Waals surface area contributed by atoms with E-state index in [4.69, 9.17) is 14.2 Å². The Balaban J connectivity index is 1.87. The molecule has 0 aromatic rings. The number of amides is 1. The number of carboxylic acids is 1. The molecular weight excluding hydrogens is 290 g/mol. The Labute approximate surface area is 129 Å². The summed E-state index contributed by atoms with van der Waals surface area (Å²) in [6.07, 6.45) is -0.594. The van der Waals surface area contributed by atoms with Crippen LogP contribution in [0.4, 0.5) is 4.79 Å². The van der Waals surface area contributed by atoms with Crippen molar-refractivity contribution in [2.24, 2.45) is 5.92 Å². The molecule has 7 nitrogen and oxygen atoms in total. The minimum absolute atomic E-state index is 0.262. The number of nitrogens with zero attached hydrogens (tertiary/aromatic N) is 1. The largest absolute Gasteiger partial charge is 0.480 e. The number of likely N-dealkylation sites (tertiary alicyclic amines) is 1. The minimum atomic E-state index is -1.02. The van der Waals surface area contributed by atoms with Crippen LogP contribution in [-0.2, 0) is 19.0 Å². The predicted octanol–water partition coefficient (Wildman–Crippen LogP) is 1.60. The Morgan fingerprint density at radius 1 is 1.23 bits per heavy atom. The summed E-state index contributed by atoms with van der Waals surface area (Å²) in [6.45, 7) is 8.89. The van der Waals surface area contributed by atoms with Crippen molar-refractivity contribution >= 4 is 12.1 Å². The van der Waals surface area contributed by atoms with Crippen LogP contribution in [0.15, 0.2) is 0 Å². The zero-order chi connectivity index (χ0) is 16.4. The van der Waals surface area contributed by atoms with Gasteiger partial charge in [0.2, 0.25) is 0 Å². The summed E-state index contributed by atoms with van der Waals surface area (Å²) in [5.41, 5.74) is -0.673. The maximum absolute atomic E-state index is 12.5. The Morgan fingerprint density at radius 2 is 1.82 bits per heavy atom. The number of aliphatic carboxylic acids is 1. The molecule has 2 bridgehead atoms. The average molecular weight is 313 g/mol. The number of carbonyl (C=O) groups is 2. The number of carboxylic acid groups (broad SMARTS) is 1. The summed E-state index contributed by atoms with van der Waals surface area (Å²) in [5, 5.41) is 9.56. The van der Waals surface area contributed by atoms with Gasteiger partial charge in [0.1, 0.15) is 17.7 Å². The summed E-state index contributed by atoms with van der Waals surface area (Å²) in [6, 6.07) is -1.23. The molecule has 0 aromatic carbocycles. The van der Waals surface area contributed by atoms with E-state index in [0.29, 0.717) is 6.42 Å². The van der Waals surface area contributed by atoms with E-state index >= 15 is 0 Å². The number of hydrogen-bond acceptors (Lipinski definition) is 5. The molecule has 1 N–H and O–H groups in total. The molecule has 124 valence electrons. The first-order valence-corrected chi connectivity index (χ1v) is 7.60. The second-order valence-corrected chi connectivity index (χ2v) is 7.70. The molecule has 3 fully saturated rings. The van der Waals surface area contributed by atoms with Crippen molar-refractivity contribution in [3.63, 3.8) is 0 Å². The van der Waals surface area contributed by atoms with Gasteiger partial charge in [-0.3, -0.25) is 4.90 Å². The van der Waals surface area contributed by atoms with Crippen LogP contribution in [-0.4, -0.2) is 57.7 Å². The van der Waals surface area contributed by atoms with Gasteiger partial charge in [0.15, 0.2) is 5.79 Å². The third kappa shape index (κ3) is 2.36. The lowest BCUT2D eigenvalue weighted by Gasteiger charge is -2.38. The highest BCUT2D eigenvalue weighted by molar-refractivity contribution is 5.82. The molecule has 0 aromatic heterocycles. The number of hydrogen-bond donors (Lipinski definition) is 1. The minimum Gasteiger partial charge on any atom is -0.480 e. The van der Waals surface area contributed by atoms with Gasteiger partial charge < -0.3 is 19.3 Å². The number of ether oxygens (including phenoxy) is 3. The maximum Gasteiger partial charge on any atom is 0.411 e. The first kappa shape index (κ1) is 15.6. The normalized spacial score (nSPS) is 39.0. The molecule has 1 saturated carbocycles. The zero-order valence-electron chi connectivity index (χ0n) is 13.5. The molecule has 2 aliphatic heterocycles. The van der Waals surface area contributed by atoms with Crippen LogP contribution in [0.5, 0.6) is 0 Å². The first-order valence-electron chi connectivity index (χ1n) is 7.60. The lowest BCUT2D eigenvalue weighted by molar-refractivity contribution is -0.157. The van der Waals surface area contributed by atoms with Crippen LogP contribution in [0.25, 0.3) is 0 Å². The van der Waals surface area contributed by atoms with Gasteiger partial charge in [-0.25, -0.2) is 9.59 Å². The molecule has 1 amide bonds. The third-order valence-corrected chi connectivity index (χ3v) is 4.40. The van der Waals surface area contributed by atoms with E-state index in [0.717, 1.165) is 0 Å². The van der Waals surface area contributed by atoms with E-state index in [2.05, 4.69) is 0 Å². The Hall–Kier alpha value is -1.34. The average Bonchev–Trinajstić information content (AvgIpc) is 2.91. The maximum atomic E-state index is 12.5. The Kier molecular flexibility index (Phi) is 3.24. The monoisotopic (exact) mass is 313 g/mol. The molecule has 3 aliphatic rings. The molecule has 2 heterocycles. The van der Waals surface area contributed by atoms with Crippen molar-refractivity contribution in [3.05, 3.63) is 0 Å². The van der Waals surface area contributed by atoms with E-state index in [1.54, 1.807) is 34.6 Å². The molecule has 22 heavy (non-hydrogen) atoms. The standard InChI is InChI=1S/C15H23NO6/c1-14(2,3)22-13(19)16-8-6-7(9(16)12(17)18)10-11(8)21-15(4,5)20-10/h7-11H,6H2,1-5H3,(H,17,18)/t7-,8+,9-,10-,11+/m0/s1. The lowest BCUT2D eigenvalue weighted by Crippen LogP contribution is -2.58.